The lowest BCUT2D eigenvalue weighted by Gasteiger charge is -2.49. The van der Waals surface area contributed by atoms with Crippen molar-refractivity contribution in [1.29, 1.82) is 0 Å². The fourth-order valence-electron chi connectivity index (χ4n) is 4.16. The predicted molar refractivity (Wildman–Crippen MR) is 92.6 cm³/mol. The van der Waals surface area contributed by atoms with Gasteiger partial charge in [0, 0.05) is 32.4 Å². The molecule has 0 aromatic carbocycles. The minimum absolute atomic E-state index is 0.166. The maximum atomic E-state index is 12.8. The Kier molecular flexibility index (Phi) is 5.28. The van der Waals surface area contributed by atoms with Crippen molar-refractivity contribution in [2.75, 3.05) is 32.7 Å². The van der Waals surface area contributed by atoms with E-state index < -0.39 is 11.9 Å². The fourth-order valence-corrected chi connectivity index (χ4v) is 4.16. The summed E-state index contributed by atoms with van der Waals surface area (Å²) in [6, 6.07) is 2.57. The SMILES string of the molecule is CCCN1CC(C)(C(=O)N2CCC(c3ccc(C(F)(F)F)nc3)CC2)C1. The molecule has 1 aromatic heterocycles. The van der Waals surface area contributed by atoms with E-state index in [1.807, 2.05) is 11.8 Å². The number of pyridine rings is 1. The van der Waals surface area contributed by atoms with Gasteiger partial charge in [-0.05, 0) is 50.3 Å². The van der Waals surface area contributed by atoms with Gasteiger partial charge in [-0.1, -0.05) is 13.0 Å². The Labute approximate surface area is 152 Å². The average Bonchev–Trinajstić information content (AvgIpc) is 2.59. The number of piperidine rings is 1. The van der Waals surface area contributed by atoms with Crippen LogP contribution in [0.4, 0.5) is 13.2 Å². The summed E-state index contributed by atoms with van der Waals surface area (Å²) in [7, 11) is 0. The molecular weight excluding hydrogens is 343 g/mol. The normalized spacial score (nSPS) is 21.5. The number of amides is 1. The number of halogens is 3. The summed E-state index contributed by atoms with van der Waals surface area (Å²) in [4.78, 5) is 20.6. The number of hydrogen-bond donors (Lipinski definition) is 0. The van der Waals surface area contributed by atoms with Gasteiger partial charge >= 0.3 is 6.18 Å². The second kappa shape index (κ2) is 7.18. The first-order chi connectivity index (χ1) is 12.2. The Bertz CT molecular complexity index is 630. The van der Waals surface area contributed by atoms with Crippen LogP contribution in [0.2, 0.25) is 0 Å². The third-order valence-corrected chi connectivity index (χ3v) is 5.53. The van der Waals surface area contributed by atoms with E-state index in [2.05, 4.69) is 16.8 Å². The van der Waals surface area contributed by atoms with Gasteiger partial charge in [0.15, 0.2) is 0 Å². The molecule has 0 unspecified atom stereocenters. The topological polar surface area (TPSA) is 36.4 Å². The van der Waals surface area contributed by atoms with Crippen LogP contribution in [0.3, 0.4) is 0 Å². The molecule has 0 spiro atoms. The van der Waals surface area contributed by atoms with Crippen LogP contribution in [0.5, 0.6) is 0 Å². The van der Waals surface area contributed by atoms with E-state index in [0.29, 0.717) is 13.1 Å². The molecule has 3 rings (SSSR count). The van der Waals surface area contributed by atoms with Gasteiger partial charge in [-0.15, -0.1) is 0 Å². The van der Waals surface area contributed by atoms with Crippen molar-refractivity contribution >= 4 is 5.91 Å². The maximum absolute atomic E-state index is 12.8. The number of nitrogens with zero attached hydrogens (tertiary/aromatic N) is 3. The highest BCUT2D eigenvalue weighted by Crippen LogP contribution is 2.35. The number of alkyl halides is 3. The molecule has 1 amide bonds. The average molecular weight is 369 g/mol. The highest BCUT2D eigenvalue weighted by Gasteiger charge is 2.46. The van der Waals surface area contributed by atoms with Crippen LogP contribution in [0.1, 0.15) is 50.3 Å². The molecule has 0 aliphatic carbocycles. The largest absolute Gasteiger partial charge is 0.433 e. The van der Waals surface area contributed by atoms with Crippen LogP contribution in [-0.4, -0.2) is 53.4 Å². The van der Waals surface area contributed by atoms with Gasteiger partial charge in [0.1, 0.15) is 5.69 Å². The Hall–Kier alpha value is -1.63. The molecule has 1 aromatic rings. The third kappa shape index (κ3) is 3.87. The summed E-state index contributed by atoms with van der Waals surface area (Å²) < 4.78 is 37.9. The molecule has 0 saturated carbocycles. The second-order valence-electron chi connectivity index (χ2n) is 7.81. The molecule has 3 heterocycles. The summed E-state index contributed by atoms with van der Waals surface area (Å²) in [5, 5.41) is 0. The van der Waals surface area contributed by atoms with Crippen molar-refractivity contribution in [3.05, 3.63) is 29.6 Å². The zero-order valence-electron chi connectivity index (χ0n) is 15.4. The van der Waals surface area contributed by atoms with Crippen LogP contribution >= 0.6 is 0 Å². The van der Waals surface area contributed by atoms with Gasteiger partial charge in [0.25, 0.3) is 0 Å². The van der Waals surface area contributed by atoms with E-state index >= 15 is 0 Å². The van der Waals surface area contributed by atoms with Crippen molar-refractivity contribution in [3.8, 4) is 0 Å². The molecular formula is C19H26F3N3O. The summed E-state index contributed by atoms with van der Waals surface area (Å²) in [6.45, 7) is 8.17. The van der Waals surface area contributed by atoms with Gasteiger partial charge in [0.05, 0.1) is 5.41 Å². The van der Waals surface area contributed by atoms with Crippen molar-refractivity contribution in [2.24, 2.45) is 5.41 Å². The number of hydrogen-bond acceptors (Lipinski definition) is 3. The lowest BCUT2D eigenvalue weighted by atomic mass is 9.79. The molecule has 0 atom stereocenters. The van der Waals surface area contributed by atoms with Crippen molar-refractivity contribution in [3.63, 3.8) is 0 Å². The summed E-state index contributed by atoms with van der Waals surface area (Å²) >= 11 is 0. The van der Waals surface area contributed by atoms with Crippen LogP contribution in [-0.2, 0) is 11.0 Å². The van der Waals surface area contributed by atoms with Gasteiger partial charge in [-0.2, -0.15) is 13.2 Å². The lowest BCUT2D eigenvalue weighted by molar-refractivity contribution is -0.152. The number of carbonyl (C=O) groups is 1. The smallest absolute Gasteiger partial charge is 0.342 e. The zero-order chi connectivity index (χ0) is 18.9. The van der Waals surface area contributed by atoms with E-state index in [9.17, 15) is 18.0 Å². The Morgan fingerprint density at radius 2 is 1.92 bits per heavy atom. The van der Waals surface area contributed by atoms with E-state index in [-0.39, 0.29) is 17.2 Å². The van der Waals surface area contributed by atoms with Gasteiger partial charge in [0.2, 0.25) is 5.91 Å². The summed E-state index contributed by atoms with van der Waals surface area (Å²) in [5.41, 5.74) is -0.310. The number of carbonyl (C=O) groups excluding carboxylic acids is 1. The highest BCUT2D eigenvalue weighted by atomic mass is 19.4. The predicted octanol–water partition coefficient (Wildman–Crippen LogP) is 3.54. The second-order valence-corrected chi connectivity index (χ2v) is 7.81. The first-order valence-electron chi connectivity index (χ1n) is 9.28. The quantitative estimate of drug-likeness (QED) is 0.815. The molecule has 144 valence electrons. The van der Waals surface area contributed by atoms with E-state index in [1.165, 1.54) is 12.3 Å². The molecule has 2 fully saturated rings. The lowest BCUT2D eigenvalue weighted by Crippen LogP contribution is -2.62. The Morgan fingerprint density at radius 3 is 2.42 bits per heavy atom. The molecule has 0 bridgehead atoms. The molecule has 2 aliphatic rings. The molecule has 0 radical (unpaired) electrons. The van der Waals surface area contributed by atoms with Gasteiger partial charge in [-0.3, -0.25) is 9.78 Å². The Balaban J connectivity index is 1.54. The number of rotatable bonds is 4. The molecule has 2 saturated heterocycles. The van der Waals surface area contributed by atoms with Crippen LogP contribution in [0.25, 0.3) is 0 Å². The van der Waals surface area contributed by atoms with Crippen LogP contribution in [0.15, 0.2) is 18.3 Å². The summed E-state index contributed by atoms with van der Waals surface area (Å²) in [5.74, 6) is 0.383. The van der Waals surface area contributed by atoms with E-state index in [4.69, 9.17) is 0 Å². The van der Waals surface area contributed by atoms with Gasteiger partial charge < -0.3 is 9.80 Å². The fraction of sp³-hybridized carbons (Fsp3) is 0.684. The van der Waals surface area contributed by atoms with Crippen LogP contribution in [0, 0.1) is 5.41 Å². The first kappa shape index (κ1) is 19.1. The van der Waals surface area contributed by atoms with Crippen LogP contribution < -0.4 is 0 Å². The van der Waals surface area contributed by atoms with Crippen molar-refractivity contribution in [2.45, 2.75) is 45.2 Å². The minimum atomic E-state index is -4.40. The molecule has 26 heavy (non-hydrogen) atoms. The molecule has 0 N–H and O–H groups in total. The molecule has 2 aliphatic heterocycles. The standard InChI is InChI=1S/C19H26F3N3O/c1-3-8-24-12-18(2,13-24)17(26)25-9-6-14(7-10-25)15-4-5-16(23-11-15)19(20,21)22/h4-5,11,14H,3,6-10,12-13H2,1-2H3. The van der Waals surface area contributed by atoms with Gasteiger partial charge in [-0.25, -0.2) is 0 Å². The number of aromatic nitrogens is 1. The number of likely N-dealkylation sites (tertiary alicyclic amines) is 2. The van der Waals surface area contributed by atoms with Crippen molar-refractivity contribution in [1.82, 2.24) is 14.8 Å². The third-order valence-electron chi connectivity index (χ3n) is 5.53. The minimum Gasteiger partial charge on any atom is -0.342 e. The zero-order valence-corrected chi connectivity index (χ0v) is 15.4. The Morgan fingerprint density at radius 1 is 1.27 bits per heavy atom. The summed E-state index contributed by atoms with van der Waals surface area (Å²) in [6.07, 6.45) is -0.434. The van der Waals surface area contributed by atoms with Crippen molar-refractivity contribution < 1.29 is 18.0 Å². The molecule has 7 heteroatoms. The highest BCUT2D eigenvalue weighted by molar-refractivity contribution is 5.84. The first-order valence-corrected chi connectivity index (χ1v) is 9.28. The van der Waals surface area contributed by atoms with E-state index in [0.717, 1.165) is 50.5 Å². The molecule has 4 nitrogen and oxygen atoms in total. The maximum Gasteiger partial charge on any atom is 0.433 e. The van der Waals surface area contributed by atoms with E-state index in [1.54, 1.807) is 0 Å². The monoisotopic (exact) mass is 369 g/mol.